The van der Waals surface area contributed by atoms with Crippen LogP contribution in [0.25, 0.3) is 0 Å². The van der Waals surface area contributed by atoms with Crippen molar-refractivity contribution in [2.45, 2.75) is 0 Å². The van der Waals surface area contributed by atoms with Crippen molar-refractivity contribution in [2.24, 2.45) is 0 Å². The van der Waals surface area contributed by atoms with Crippen LogP contribution < -0.4 is 9.47 Å². The molecule has 2 rings (SSSR count). The van der Waals surface area contributed by atoms with Gasteiger partial charge >= 0.3 is 0 Å². The first-order valence-electron chi connectivity index (χ1n) is 5.35. The lowest BCUT2D eigenvalue weighted by Gasteiger charge is -2.10. The van der Waals surface area contributed by atoms with Crippen LogP contribution in [0.2, 0.25) is 0 Å². The Morgan fingerprint density at radius 1 is 1.21 bits per heavy atom. The molecule has 0 aromatic heterocycles. The predicted molar refractivity (Wildman–Crippen MR) is 71.9 cm³/mol. The van der Waals surface area contributed by atoms with Gasteiger partial charge in [-0.1, -0.05) is 6.07 Å². The van der Waals surface area contributed by atoms with Crippen molar-refractivity contribution < 1.29 is 13.9 Å². The maximum absolute atomic E-state index is 13.4. The first kappa shape index (κ1) is 13.4. The van der Waals surface area contributed by atoms with Crippen LogP contribution in [-0.4, -0.2) is 7.11 Å². The number of halogens is 2. The van der Waals surface area contributed by atoms with E-state index in [1.807, 2.05) is 0 Å². The molecule has 0 N–H and O–H groups in total. The van der Waals surface area contributed by atoms with Crippen LogP contribution in [0.1, 0.15) is 5.56 Å². The Morgan fingerprint density at radius 3 is 2.63 bits per heavy atom. The molecule has 2 aromatic rings. The number of hydrogen-bond acceptors (Lipinski definition) is 3. The molecule has 2 aromatic carbocycles. The molecule has 96 valence electrons. The molecule has 0 fully saturated rings. The molecule has 0 spiro atoms. The molecule has 0 aliphatic heterocycles. The second-order valence-corrected chi connectivity index (χ2v) is 4.48. The van der Waals surface area contributed by atoms with E-state index in [9.17, 15) is 4.39 Å². The van der Waals surface area contributed by atoms with E-state index in [-0.39, 0.29) is 11.3 Å². The summed E-state index contributed by atoms with van der Waals surface area (Å²) < 4.78 is 24.7. The zero-order chi connectivity index (χ0) is 13.8. The van der Waals surface area contributed by atoms with Gasteiger partial charge in [0, 0.05) is 0 Å². The lowest BCUT2D eigenvalue weighted by atomic mass is 10.2. The van der Waals surface area contributed by atoms with Crippen LogP contribution in [0.5, 0.6) is 17.2 Å². The summed E-state index contributed by atoms with van der Waals surface area (Å²) in [4.78, 5) is 0. The van der Waals surface area contributed by atoms with Gasteiger partial charge in [0.15, 0.2) is 0 Å². The van der Waals surface area contributed by atoms with E-state index in [0.29, 0.717) is 16.0 Å². The van der Waals surface area contributed by atoms with Gasteiger partial charge in [0.05, 0.1) is 11.6 Å². The predicted octanol–water partition coefficient (Wildman–Crippen LogP) is 4.26. The highest BCUT2D eigenvalue weighted by atomic mass is 79.9. The third-order valence-electron chi connectivity index (χ3n) is 2.45. The number of methoxy groups -OCH3 is 1. The molecule has 0 bridgehead atoms. The summed E-state index contributed by atoms with van der Waals surface area (Å²) in [5.41, 5.74) is -0.120. The molecule has 0 radical (unpaired) electrons. The Morgan fingerprint density at radius 2 is 2.00 bits per heavy atom. The fourth-order valence-electron chi connectivity index (χ4n) is 1.51. The highest BCUT2D eigenvalue weighted by Gasteiger charge is 2.11. The molecule has 3 nitrogen and oxygen atoms in total. The van der Waals surface area contributed by atoms with Crippen LogP contribution in [-0.2, 0) is 0 Å². The van der Waals surface area contributed by atoms with Crippen molar-refractivity contribution >= 4 is 15.9 Å². The Hall–Kier alpha value is -2.06. The highest BCUT2D eigenvalue weighted by molar-refractivity contribution is 9.10. The van der Waals surface area contributed by atoms with Gasteiger partial charge < -0.3 is 9.47 Å². The van der Waals surface area contributed by atoms with Crippen molar-refractivity contribution in [3.05, 3.63) is 52.3 Å². The molecule has 0 saturated heterocycles. The number of hydrogen-bond donors (Lipinski definition) is 0. The number of nitriles is 1. The first-order chi connectivity index (χ1) is 9.15. The number of benzene rings is 2. The molecule has 0 aliphatic carbocycles. The Kier molecular flexibility index (Phi) is 4.03. The van der Waals surface area contributed by atoms with Crippen molar-refractivity contribution in [1.82, 2.24) is 0 Å². The van der Waals surface area contributed by atoms with Crippen molar-refractivity contribution in [2.75, 3.05) is 7.11 Å². The van der Waals surface area contributed by atoms with Gasteiger partial charge in [0.2, 0.25) is 0 Å². The first-order valence-corrected chi connectivity index (χ1v) is 6.15. The zero-order valence-corrected chi connectivity index (χ0v) is 11.6. The highest BCUT2D eigenvalue weighted by Crippen LogP contribution is 2.34. The second kappa shape index (κ2) is 5.72. The van der Waals surface area contributed by atoms with Gasteiger partial charge in [-0.15, -0.1) is 0 Å². The van der Waals surface area contributed by atoms with Gasteiger partial charge in [-0.05, 0) is 46.3 Å². The summed E-state index contributed by atoms with van der Waals surface area (Å²) in [6, 6.07) is 11.1. The second-order valence-electron chi connectivity index (χ2n) is 3.62. The van der Waals surface area contributed by atoms with Crippen LogP contribution in [0, 0.1) is 17.1 Å². The van der Waals surface area contributed by atoms with Gasteiger partial charge in [-0.3, -0.25) is 0 Å². The average Bonchev–Trinajstić information content (AvgIpc) is 2.41. The molecule has 0 heterocycles. The summed E-state index contributed by atoms with van der Waals surface area (Å²) in [6.45, 7) is 0. The molecule has 5 heteroatoms. The van der Waals surface area contributed by atoms with Gasteiger partial charge in [0.1, 0.15) is 34.7 Å². The van der Waals surface area contributed by atoms with E-state index in [2.05, 4.69) is 15.9 Å². The largest absolute Gasteiger partial charge is 0.497 e. The molecule has 0 aliphatic rings. The topological polar surface area (TPSA) is 42.2 Å². The molecular weight excluding hydrogens is 313 g/mol. The van der Waals surface area contributed by atoms with Crippen LogP contribution in [0.15, 0.2) is 40.9 Å². The molecule has 0 atom stereocenters. The minimum absolute atomic E-state index is 0.120. The van der Waals surface area contributed by atoms with Crippen LogP contribution in [0.4, 0.5) is 4.39 Å². The summed E-state index contributed by atoms with van der Waals surface area (Å²) in [5, 5.41) is 8.93. The fourth-order valence-corrected chi connectivity index (χ4v) is 1.95. The van der Waals surface area contributed by atoms with Crippen molar-refractivity contribution in [3.8, 4) is 23.3 Å². The van der Waals surface area contributed by atoms with E-state index in [0.717, 1.165) is 0 Å². The molecular formula is C14H9BrFNO2. The van der Waals surface area contributed by atoms with E-state index in [1.165, 1.54) is 18.2 Å². The number of ether oxygens (including phenoxy) is 2. The zero-order valence-electron chi connectivity index (χ0n) is 9.98. The summed E-state index contributed by atoms with van der Waals surface area (Å²) in [6.07, 6.45) is 0. The third kappa shape index (κ3) is 2.85. The van der Waals surface area contributed by atoms with Crippen LogP contribution in [0.3, 0.4) is 0 Å². The minimum atomic E-state index is -0.607. The summed E-state index contributed by atoms with van der Waals surface area (Å²) in [7, 11) is 1.56. The quantitative estimate of drug-likeness (QED) is 0.848. The summed E-state index contributed by atoms with van der Waals surface area (Å²) >= 11 is 3.33. The van der Waals surface area contributed by atoms with E-state index >= 15 is 0 Å². The van der Waals surface area contributed by atoms with Crippen LogP contribution >= 0.6 is 15.9 Å². The monoisotopic (exact) mass is 321 g/mol. The normalized spacial score (nSPS) is 9.79. The molecule has 0 saturated carbocycles. The minimum Gasteiger partial charge on any atom is -0.497 e. The molecule has 19 heavy (non-hydrogen) atoms. The standard InChI is InChI=1S/C14H9BrFNO2/c1-18-9-5-6-14(11(15)7-9)19-13-4-2-3-12(16)10(13)8-17/h2-7H,1H3. The van der Waals surface area contributed by atoms with E-state index in [1.54, 1.807) is 31.4 Å². The van der Waals surface area contributed by atoms with Gasteiger partial charge in [-0.2, -0.15) is 5.26 Å². The maximum atomic E-state index is 13.4. The van der Waals surface area contributed by atoms with Crippen molar-refractivity contribution in [3.63, 3.8) is 0 Å². The lowest BCUT2D eigenvalue weighted by Crippen LogP contribution is -1.92. The molecule has 0 amide bonds. The summed E-state index contributed by atoms with van der Waals surface area (Å²) in [5.74, 6) is 0.708. The van der Waals surface area contributed by atoms with Gasteiger partial charge in [0.25, 0.3) is 0 Å². The Balaban J connectivity index is 2.37. The lowest BCUT2D eigenvalue weighted by molar-refractivity contribution is 0.412. The SMILES string of the molecule is COc1ccc(Oc2cccc(F)c2C#N)c(Br)c1. The Bertz CT molecular complexity index is 652. The smallest absolute Gasteiger partial charge is 0.148 e. The van der Waals surface area contributed by atoms with Crippen molar-refractivity contribution in [1.29, 1.82) is 5.26 Å². The number of nitrogens with zero attached hydrogens (tertiary/aromatic N) is 1. The number of rotatable bonds is 3. The Labute approximate surface area is 118 Å². The van der Waals surface area contributed by atoms with Gasteiger partial charge in [-0.25, -0.2) is 4.39 Å². The average molecular weight is 322 g/mol. The third-order valence-corrected chi connectivity index (χ3v) is 3.07. The molecule has 0 unspecified atom stereocenters. The van der Waals surface area contributed by atoms with E-state index in [4.69, 9.17) is 14.7 Å². The fraction of sp³-hybridized carbons (Fsp3) is 0.0714. The van der Waals surface area contributed by atoms with E-state index < -0.39 is 5.82 Å². The maximum Gasteiger partial charge on any atom is 0.148 e.